The van der Waals surface area contributed by atoms with E-state index in [2.05, 4.69) is 15.4 Å². The zero-order valence-electron chi connectivity index (χ0n) is 13.2. The number of methoxy groups -OCH3 is 1. The van der Waals surface area contributed by atoms with Crippen molar-refractivity contribution in [3.05, 3.63) is 58.3 Å². The van der Waals surface area contributed by atoms with Crippen molar-refractivity contribution in [3.63, 3.8) is 0 Å². The van der Waals surface area contributed by atoms with Crippen molar-refractivity contribution in [2.75, 3.05) is 13.7 Å². The normalized spacial score (nSPS) is 11.4. The number of carbonyl (C=O) groups is 3. The molecule has 0 saturated carbocycles. The molecule has 0 spiro atoms. The molecule has 1 aromatic heterocycles. The van der Waals surface area contributed by atoms with E-state index in [1.165, 1.54) is 18.4 Å². The van der Waals surface area contributed by atoms with Crippen LogP contribution in [0.5, 0.6) is 0 Å². The minimum Gasteiger partial charge on any atom is -0.469 e. The smallest absolute Gasteiger partial charge is 0.307 e. The van der Waals surface area contributed by atoms with E-state index >= 15 is 0 Å². The largest absolute Gasteiger partial charge is 0.469 e. The molecule has 2 N–H and O–H groups in total. The van der Waals surface area contributed by atoms with Gasteiger partial charge in [0.15, 0.2) is 0 Å². The third-order valence-electron chi connectivity index (χ3n) is 3.29. The Morgan fingerprint density at radius 1 is 1.12 bits per heavy atom. The molecule has 24 heavy (non-hydrogen) atoms. The molecular formula is C17H18N2O4S. The van der Waals surface area contributed by atoms with Gasteiger partial charge >= 0.3 is 5.97 Å². The van der Waals surface area contributed by atoms with Gasteiger partial charge in [0.05, 0.1) is 31.0 Å². The second-order valence-corrected chi connectivity index (χ2v) is 5.92. The number of thiophene rings is 1. The second-order valence-electron chi connectivity index (χ2n) is 4.97. The van der Waals surface area contributed by atoms with E-state index in [-0.39, 0.29) is 24.8 Å². The van der Waals surface area contributed by atoms with Gasteiger partial charge in [-0.2, -0.15) is 0 Å². The Labute approximate surface area is 143 Å². The first-order valence-corrected chi connectivity index (χ1v) is 8.21. The van der Waals surface area contributed by atoms with Crippen molar-refractivity contribution < 1.29 is 19.1 Å². The number of hydrogen-bond acceptors (Lipinski definition) is 5. The average Bonchev–Trinajstić information content (AvgIpc) is 3.14. The Bertz CT molecular complexity index is 686. The molecule has 2 aromatic rings. The summed E-state index contributed by atoms with van der Waals surface area (Å²) in [7, 11) is 1.30. The Hall–Kier alpha value is -2.67. The van der Waals surface area contributed by atoms with E-state index in [1.807, 2.05) is 30.3 Å². The molecule has 7 heteroatoms. The van der Waals surface area contributed by atoms with Crippen molar-refractivity contribution in [2.24, 2.45) is 0 Å². The minimum absolute atomic E-state index is 0.0190. The van der Waals surface area contributed by atoms with Gasteiger partial charge in [0.2, 0.25) is 5.91 Å². The van der Waals surface area contributed by atoms with Gasteiger partial charge in [-0.3, -0.25) is 14.4 Å². The molecule has 0 bridgehead atoms. The number of benzene rings is 1. The number of rotatable bonds is 7. The lowest BCUT2D eigenvalue weighted by Gasteiger charge is -2.18. The Balaban J connectivity index is 1.94. The topological polar surface area (TPSA) is 84.5 Å². The van der Waals surface area contributed by atoms with Crippen molar-refractivity contribution in [2.45, 2.75) is 12.5 Å². The molecule has 2 amide bonds. The third kappa shape index (κ3) is 5.20. The SMILES string of the molecule is COC(=O)C[C@@H](NC(=O)CNC(=O)c1cccs1)c1ccccc1. The molecule has 0 unspecified atom stereocenters. The monoisotopic (exact) mass is 346 g/mol. The molecule has 0 radical (unpaired) electrons. The van der Waals surface area contributed by atoms with Crippen LogP contribution in [0, 0.1) is 0 Å². The lowest BCUT2D eigenvalue weighted by molar-refractivity contribution is -0.141. The van der Waals surface area contributed by atoms with Crippen LogP contribution >= 0.6 is 11.3 Å². The van der Waals surface area contributed by atoms with E-state index in [9.17, 15) is 14.4 Å². The number of hydrogen-bond donors (Lipinski definition) is 2. The molecule has 6 nitrogen and oxygen atoms in total. The first kappa shape index (κ1) is 17.7. The Kier molecular flexibility index (Phi) is 6.51. The number of amides is 2. The van der Waals surface area contributed by atoms with Crippen LogP contribution in [0.4, 0.5) is 0 Å². The lowest BCUT2D eigenvalue weighted by Crippen LogP contribution is -2.39. The fourth-order valence-electron chi connectivity index (χ4n) is 2.09. The van der Waals surface area contributed by atoms with Crippen molar-refractivity contribution >= 4 is 29.1 Å². The second kappa shape index (κ2) is 8.83. The first-order valence-electron chi connectivity index (χ1n) is 7.33. The summed E-state index contributed by atoms with van der Waals surface area (Å²) in [6, 6.07) is 12.1. The summed E-state index contributed by atoms with van der Waals surface area (Å²) in [5, 5.41) is 7.09. The molecule has 0 saturated heterocycles. The summed E-state index contributed by atoms with van der Waals surface area (Å²) in [6.07, 6.45) is 0.0190. The number of nitrogens with one attached hydrogen (secondary N) is 2. The summed E-state index contributed by atoms with van der Waals surface area (Å²) >= 11 is 1.30. The quantitative estimate of drug-likeness (QED) is 0.750. The zero-order valence-corrected chi connectivity index (χ0v) is 14.0. The maximum Gasteiger partial charge on any atom is 0.307 e. The molecule has 0 fully saturated rings. The van der Waals surface area contributed by atoms with Crippen LogP contribution in [0.1, 0.15) is 27.7 Å². The average molecular weight is 346 g/mol. The van der Waals surface area contributed by atoms with Crippen molar-refractivity contribution in [1.29, 1.82) is 0 Å². The fourth-order valence-corrected chi connectivity index (χ4v) is 2.73. The van der Waals surface area contributed by atoms with Gasteiger partial charge < -0.3 is 15.4 Å². The van der Waals surface area contributed by atoms with Crippen LogP contribution in [-0.4, -0.2) is 31.4 Å². The van der Waals surface area contributed by atoms with Crippen molar-refractivity contribution in [1.82, 2.24) is 10.6 Å². The van der Waals surface area contributed by atoms with Crippen LogP contribution in [-0.2, 0) is 14.3 Å². The number of esters is 1. The molecule has 0 aliphatic rings. The molecule has 1 heterocycles. The van der Waals surface area contributed by atoms with E-state index < -0.39 is 12.0 Å². The first-order chi connectivity index (χ1) is 11.6. The molecule has 1 aromatic carbocycles. The number of ether oxygens (including phenoxy) is 1. The highest BCUT2D eigenvalue weighted by atomic mass is 32.1. The van der Waals surface area contributed by atoms with E-state index in [0.29, 0.717) is 4.88 Å². The summed E-state index contributed by atoms with van der Waals surface area (Å²) in [4.78, 5) is 36.0. The highest BCUT2D eigenvalue weighted by molar-refractivity contribution is 7.12. The zero-order chi connectivity index (χ0) is 17.4. The summed E-state index contributed by atoms with van der Waals surface area (Å²) in [5.41, 5.74) is 0.792. The Morgan fingerprint density at radius 2 is 1.88 bits per heavy atom. The minimum atomic E-state index is -0.509. The molecule has 1 atom stereocenters. The molecule has 0 aliphatic carbocycles. The van der Waals surface area contributed by atoms with Crippen LogP contribution in [0.2, 0.25) is 0 Å². The lowest BCUT2D eigenvalue weighted by atomic mass is 10.0. The van der Waals surface area contributed by atoms with Gasteiger partial charge in [0.25, 0.3) is 5.91 Å². The van der Waals surface area contributed by atoms with Gasteiger partial charge in [0, 0.05) is 0 Å². The predicted octanol–water partition coefficient (Wildman–Crippen LogP) is 1.90. The van der Waals surface area contributed by atoms with Gasteiger partial charge in [-0.1, -0.05) is 36.4 Å². The predicted molar refractivity (Wildman–Crippen MR) is 90.6 cm³/mol. The highest BCUT2D eigenvalue weighted by Gasteiger charge is 2.19. The Morgan fingerprint density at radius 3 is 2.50 bits per heavy atom. The summed E-state index contributed by atoms with van der Waals surface area (Å²) in [6.45, 7) is -0.165. The van der Waals surface area contributed by atoms with E-state index in [4.69, 9.17) is 0 Å². The summed E-state index contributed by atoms with van der Waals surface area (Å²) in [5.74, 6) is -1.10. The highest BCUT2D eigenvalue weighted by Crippen LogP contribution is 2.17. The van der Waals surface area contributed by atoms with Gasteiger partial charge in [-0.25, -0.2) is 0 Å². The fraction of sp³-hybridized carbons (Fsp3) is 0.235. The van der Waals surface area contributed by atoms with E-state index in [1.54, 1.807) is 17.5 Å². The molecule has 2 rings (SSSR count). The molecule has 0 aliphatic heterocycles. The summed E-state index contributed by atoms with van der Waals surface area (Å²) < 4.78 is 4.67. The van der Waals surface area contributed by atoms with Crippen LogP contribution in [0.15, 0.2) is 47.8 Å². The standard InChI is InChI=1S/C17H18N2O4S/c1-23-16(21)10-13(12-6-3-2-4-7-12)19-15(20)11-18-17(22)14-8-5-9-24-14/h2-9,13H,10-11H2,1H3,(H,18,22)(H,19,20)/t13-/m1/s1. The van der Waals surface area contributed by atoms with Crippen LogP contribution in [0.25, 0.3) is 0 Å². The molecular weight excluding hydrogens is 328 g/mol. The third-order valence-corrected chi connectivity index (χ3v) is 4.16. The van der Waals surface area contributed by atoms with Gasteiger partial charge in [0.1, 0.15) is 0 Å². The van der Waals surface area contributed by atoms with Gasteiger partial charge in [-0.05, 0) is 17.0 Å². The van der Waals surface area contributed by atoms with Crippen LogP contribution < -0.4 is 10.6 Å². The van der Waals surface area contributed by atoms with E-state index in [0.717, 1.165) is 5.56 Å². The van der Waals surface area contributed by atoms with Gasteiger partial charge in [-0.15, -0.1) is 11.3 Å². The maximum atomic E-state index is 12.1. The van der Waals surface area contributed by atoms with Crippen molar-refractivity contribution in [3.8, 4) is 0 Å². The van der Waals surface area contributed by atoms with Crippen LogP contribution in [0.3, 0.4) is 0 Å². The number of carbonyl (C=O) groups excluding carboxylic acids is 3. The molecule has 126 valence electrons. The maximum absolute atomic E-state index is 12.1.